The molecule has 2 nitrogen and oxygen atoms in total. The molecule has 0 unspecified atom stereocenters. The lowest BCUT2D eigenvalue weighted by Crippen LogP contribution is -2.50. The highest BCUT2D eigenvalue weighted by Crippen LogP contribution is 2.66. The summed E-state index contributed by atoms with van der Waals surface area (Å²) in [5.41, 5.74) is 2.11. The molecule has 0 aliphatic heterocycles. The van der Waals surface area contributed by atoms with Crippen LogP contribution in [-0.2, 0) is 4.79 Å². The summed E-state index contributed by atoms with van der Waals surface area (Å²) >= 11 is 0. The molecule has 2 heteroatoms. The fraction of sp³-hybridized carbons (Fsp3) is 0.857. The molecule has 4 aliphatic rings. The highest BCUT2D eigenvalue weighted by Gasteiger charge is 2.59. The number of aliphatic hydroxyl groups is 1. The Labute approximate surface area is 140 Å². The summed E-state index contributed by atoms with van der Waals surface area (Å²) in [6.45, 7) is 6.70. The Morgan fingerprint density at radius 2 is 1.91 bits per heavy atom. The van der Waals surface area contributed by atoms with Crippen LogP contribution in [0.15, 0.2) is 11.6 Å². The second-order valence-electron chi connectivity index (χ2n) is 9.44. The largest absolute Gasteiger partial charge is 0.393 e. The second-order valence-corrected chi connectivity index (χ2v) is 9.44. The van der Waals surface area contributed by atoms with Gasteiger partial charge in [-0.05, 0) is 86.9 Å². The molecular formula is C21H32O2. The van der Waals surface area contributed by atoms with Gasteiger partial charge in [0.25, 0.3) is 0 Å². The predicted molar refractivity (Wildman–Crippen MR) is 91.9 cm³/mol. The molecule has 0 amide bonds. The first-order valence-electron chi connectivity index (χ1n) is 9.74. The van der Waals surface area contributed by atoms with Crippen molar-refractivity contribution < 1.29 is 9.90 Å². The van der Waals surface area contributed by atoms with E-state index < -0.39 is 0 Å². The number of carbonyl (C=O) groups excluding carboxylic acids is 1. The fourth-order valence-electron chi connectivity index (χ4n) is 7.31. The normalized spacial score (nSPS) is 52.2. The van der Waals surface area contributed by atoms with E-state index in [2.05, 4.69) is 19.9 Å². The first-order valence-corrected chi connectivity index (χ1v) is 9.74. The van der Waals surface area contributed by atoms with E-state index in [1.807, 2.05) is 6.92 Å². The van der Waals surface area contributed by atoms with E-state index in [-0.39, 0.29) is 11.5 Å². The molecule has 128 valence electrons. The maximum Gasteiger partial charge on any atom is 0.133 e. The minimum atomic E-state index is -0.117. The molecule has 4 aliphatic carbocycles. The van der Waals surface area contributed by atoms with Gasteiger partial charge in [-0.1, -0.05) is 25.5 Å². The lowest BCUT2D eigenvalue weighted by Gasteiger charge is -2.57. The lowest BCUT2D eigenvalue weighted by atomic mass is 9.47. The minimum Gasteiger partial charge on any atom is -0.393 e. The van der Waals surface area contributed by atoms with Gasteiger partial charge >= 0.3 is 0 Å². The van der Waals surface area contributed by atoms with Crippen LogP contribution in [-0.4, -0.2) is 17.0 Å². The summed E-state index contributed by atoms with van der Waals surface area (Å²) in [6, 6.07) is 0. The molecule has 0 aromatic heterocycles. The van der Waals surface area contributed by atoms with Crippen LogP contribution >= 0.6 is 0 Å². The van der Waals surface area contributed by atoms with Crippen LogP contribution in [0.3, 0.4) is 0 Å². The van der Waals surface area contributed by atoms with Gasteiger partial charge in [0.1, 0.15) is 5.78 Å². The predicted octanol–water partition coefficient (Wildman–Crippen LogP) is 4.52. The van der Waals surface area contributed by atoms with Crippen molar-refractivity contribution in [3.05, 3.63) is 11.6 Å². The second kappa shape index (κ2) is 5.18. The van der Waals surface area contributed by atoms with Crippen molar-refractivity contribution in [1.82, 2.24) is 0 Å². The zero-order valence-electron chi connectivity index (χ0n) is 15.0. The molecule has 0 saturated heterocycles. The number of Topliss-reactive ketones (excluding diaryl/α,β-unsaturated/α-hetero) is 1. The van der Waals surface area contributed by atoms with Gasteiger partial charge in [0.05, 0.1) is 6.10 Å². The first kappa shape index (κ1) is 15.9. The smallest absolute Gasteiger partial charge is 0.133 e. The minimum absolute atomic E-state index is 0.117. The van der Waals surface area contributed by atoms with Crippen molar-refractivity contribution >= 4 is 5.78 Å². The number of hydrogen-bond donors (Lipinski definition) is 1. The molecule has 0 aromatic rings. The topological polar surface area (TPSA) is 37.3 Å². The van der Waals surface area contributed by atoms with Gasteiger partial charge in [-0.3, -0.25) is 4.79 Å². The van der Waals surface area contributed by atoms with Crippen LogP contribution in [0.4, 0.5) is 0 Å². The van der Waals surface area contributed by atoms with Gasteiger partial charge in [0.15, 0.2) is 0 Å². The average molecular weight is 316 g/mol. The number of allylic oxidation sites excluding steroid dienone is 1. The van der Waals surface area contributed by atoms with E-state index >= 15 is 0 Å². The molecule has 7 atom stereocenters. The van der Waals surface area contributed by atoms with Gasteiger partial charge in [-0.2, -0.15) is 0 Å². The number of carbonyl (C=O) groups is 1. The quantitative estimate of drug-likeness (QED) is 0.722. The summed E-state index contributed by atoms with van der Waals surface area (Å²) in [4.78, 5) is 12.2. The van der Waals surface area contributed by atoms with Gasteiger partial charge in [-0.15, -0.1) is 0 Å². The van der Waals surface area contributed by atoms with Gasteiger partial charge < -0.3 is 5.11 Å². The molecule has 23 heavy (non-hydrogen) atoms. The summed E-state index contributed by atoms with van der Waals surface area (Å²) in [7, 11) is 0. The summed E-state index contributed by atoms with van der Waals surface area (Å²) in [5, 5.41) is 10.1. The lowest BCUT2D eigenvalue weighted by molar-refractivity contribution is -0.127. The number of hydrogen-bond acceptors (Lipinski definition) is 2. The third-order valence-corrected chi connectivity index (χ3v) is 8.57. The summed E-state index contributed by atoms with van der Waals surface area (Å²) in [6.07, 6.45) is 11.5. The Balaban J connectivity index is 1.66. The van der Waals surface area contributed by atoms with Crippen molar-refractivity contribution in [2.75, 3.05) is 0 Å². The average Bonchev–Trinajstić information content (AvgIpc) is 2.85. The Morgan fingerprint density at radius 3 is 2.65 bits per heavy atom. The molecule has 0 spiro atoms. The highest BCUT2D eigenvalue weighted by atomic mass is 16.3. The summed E-state index contributed by atoms with van der Waals surface area (Å²) < 4.78 is 0. The van der Waals surface area contributed by atoms with Crippen molar-refractivity contribution in [2.45, 2.75) is 78.2 Å². The molecular weight excluding hydrogens is 284 g/mol. The highest BCUT2D eigenvalue weighted by molar-refractivity contribution is 5.79. The van der Waals surface area contributed by atoms with Crippen LogP contribution in [0.5, 0.6) is 0 Å². The fourth-order valence-corrected chi connectivity index (χ4v) is 7.31. The van der Waals surface area contributed by atoms with Gasteiger partial charge in [0, 0.05) is 5.92 Å². The number of rotatable bonds is 1. The van der Waals surface area contributed by atoms with Crippen molar-refractivity contribution in [3.8, 4) is 0 Å². The zero-order valence-corrected chi connectivity index (χ0v) is 15.0. The number of fused-ring (bicyclic) bond motifs is 5. The molecule has 0 radical (unpaired) electrons. The van der Waals surface area contributed by atoms with E-state index in [1.165, 1.54) is 25.7 Å². The Morgan fingerprint density at radius 1 is 1.13 bits per heavy atom. The molecule has 0 heterocycles. The number of ketones is 1. The maximum absolute atomic E-state index is 12.2. The Kier molecular flexibility index (Phi) is 3.58. The van der Waals surface area contributed by atoms with Gasteiger partial charge in [-0.25, -0.2) is 0 Å². The molecule has 4 rings (SSSR count). The third kappa shape index (κ3) is 2.13. The van der Waals surface area contributed by atoms with Gasteiger partial charge in [0.2, 0.25) is 0 Å². The monoisotopic (exact) mass is 316 g/mol. The van der Waals surface area contributed by atoms with Crippen LogP contribution in [0.25, 0.3) is 0 Å². The molecule has 0 bridgehead atoms. The van der Waals surface area contributed by atoms with Crippen LogP contribution in [0.1, 0.15) is 72.1 Å². The maximum atomic E-state index is 12.2. The Bertz CT molecular complexity index is 550. The van der Waals surface area contributed by atoms with Crippen LogP contribution < -0.4 is 0 Å². The standard InChI is InChI=1S/C21H32O2/c1-13(22)17-6-7-18-16-5-4-14-12-15(23)8-10-20(14,2)19(16)9-11-21(17,18)3/h4,15-19,23H,5-12H2,1-3H3/t15-,16-,17+,18-,19-,20-,21+/m1/s1. The van der Waals surface area contributed by atoms with Crippen molar-refractivity contribution in [1.29, 1.82) is 0 Å². The zero-order chi connectivity index (χ0) is 16.4. The third-order valence-electron chi connectivity index (χ3n) is 8.57. The van der Waals surface area contributed by atoms with Crippen LogP contribution in [0, 0.1) is 34.5 Å². The van der Waals surface area contributed by atoms with Crippen LogP contribution in [0.2, 0.25) is 0 Å². The first-order chi connectivity index (χ1) is 10.9. The van der Waals surface area contributed by atoms with E-state index in [9.17, 15) is 9.90 Å². The SMILES string of the molecule is CC(=O)[C@@H]1CC[C@@H]2[C@H]3CC=C4C[C@H](O)CC[C@@]4(C)[C@@H]3CC[C@]21C. The van der Waals surface area contributed by atoms with E-state index in [1.54, 1.807) is 5.57 Å². The summed E-state index contributed by atoms with van der Waals surface area (Å²) in [5.74, 6) is 3.00. The van der Waals surface area contributed by atoms with E-state index in [0.717, 1.165) is 43.4 Å². The molecule has 3 saturated carbocycles. The van der Waals surface area contributed by atoms with E-state index in [4.69, 9.17) is 0 Å². The van der Waals surface area contributed by atoms with Crippen molar-refractivity contribution in [2.24, 2.45) is 34.5 Å². The molecule has 0 aromatic carbocycles. The Hall–Kier alpha value is -0.630. The number of aliphatic hydroxyl groups excluding tert-OH is 1. The van der Waals surface area contributed by atoms with E-state index in [0.29, 0.717) is 17.1 Å². The molecule has 3 fully saturated rings. The molecule has 1 N–H and O–H groups in total. The van der Waals surface area contributed by atoms with Crippen molar-refractivity contribution in [3.63, 3.8) is 0 Å².